The lowest BCUT2D eigenvalue weighted by Gasteiger charge is -2.12. The smallest absolute Gasteiger partial charge is 0.274 e. The van der Waals surface area contributed by atoms with E-state index in [4.69, 9.17) is 23.2 Å². The van der Waals surface area contributed by atoms with Crippen LogP contribution in [0.5, 0.6) is 0 Å². The Morgan fingerprint density at radius 1 is 0.864 bits per heavy atom. The molecule has 22 heavy (non-hydrogen) atoms. The third kappa shape index (κ3) is 2.89. The number of carbonyl (C=O) groups excluding carboxylic acids is 2. The molecule has 6 heteroatoms. The normalized spacial score (nSPS) is 16.6. The standard InChI is InChI=1S/C16H10Cl2N2O2/c17-10-1-5-12(6-2-10)19-14-9-15(21)20(16(14)22)13-7-3-11(18)4-8-13/h1-8H,9H2. The second-order valence-corrected chi connectivity index (χ2v) is 5.60. The van der Waals surface area contributed by atoms with E-state index in [1.807, 2.05) is 0 Å². The van der Waals surface area contributed by atoms with Gasteiger partial charge in [0.15, 0.2) is 0 Å². The third-order valence-electron chi connectivity index (χ3n) is 3.19. The lowest BCUT2D eigenvalue weighted by molar-refractivity contribution is -0.120. The highest BCUT2D eigenvalue weighted by Crippen LogP contribution is 2.25. The van der Waals surface area contributed by atoms with E-state index in [9.17, 15) is 9.59 Å². The second-order valence-electron chi connectivity index (χ2n) is 4.72. The fourth-order valence-electron chi connectivity index (χ4n) is 2.15. The van der Waals surface area contributed by atoms with Gasteiger partial charge in [0.1, 0.15) is 5.71 Å². The Hall–Kier alpha value is -2.17. The van der Waals surface area contributed by atoms with Crippen LogP contribution in [0.25, 0.3) is 0 Å². The monoisotopic (exact) mass is 332 g/mol. The van der Waals surface area contributed by atoms with Crippen molar-refractivity contribution in [1.29, 1.82) is 0 Å². The van der Waals surface area contributed by atoms with Gasteiger partial charge in [-0.2, -0.15) is 0 Å². The number of nitrogens with zero attached hydrogens (tertiary/aromatic N) is 2. The molecule has 1 heterocycles. The summed E-state index contributed by atoms with van der Waals surface area (Å²) < 4.78 is 0. The minimum atomic E-state index is -0.415. The minimum absolute atomic E-state index is 0.0237. The lowest BCUT2D eigenvalue weighted by Crippen LogP contribution is -2.30. The van der Waals surface area contributed by atoms with E-state index in [1.165, 1.54) is 0 Å². The Labute approximate surface area is 137 Å². The van der Waals surface area contributed by atoms with Crippen LogP contribution in [0, 0.1) is 0 Å². The van der Waals surface area contributed by atoms with E-state index in [2.05, 4.69) is 4.99 Å². The number of carbonyl (C=O) groups is 2. The summed E-state index contributed by atoms with van der Waals surface area (Å²) in [5.41, 5.74) is 1.28. The summed E-state index contributed by atoms with van der Waals surface area (Å²) in [6, 6.07) is 13.3. The summed E-state index contributed by atoms with van der Waals surface area (Å²) in [5, 5.41) is 1.12. The van der Waals surface area contributed by atoms with Gasteiger partial charge >= 0.3 is 0 Å². The molecule has 0 N–H and O–H groups in total. The van der Waals surface area contributed by atoms with E-state index in [0.29, 0.717) is 21.4 Å². The highest BCUT2D eigenvalue weighted by atomic mass is 35.5. The van der Waals surface area contributed by atoms with Gasteiger partial charge in [-0.05, 0) is 48.5 Å². The molecule has 0 spiro atoms. The van der Waals surface area contributed by atoms with Crippen LogP contribution in [0.3, 0.4) is 0 Å². The van der Waals surface area contributed by atoms with Gasteiger partial charge in [0.2, 0.25) is 5.91 Å². The van der Waals surface area contributed by atoms with Crippen LogP contribution >= 0.6 is 23.2 Å². The molecule has 0 aromatic heterocycles. The molecule has 110 valence electrons. The zero-order valence-corrected chi connectivity index (χ0v) is 12.8. The van der Waals surface area contributed by atoms with Gasteiger partial charge in [-0.25, -0.2) is 9.89 Å². The quantitative estimate of drug-likeness (QED) is 0.779. The van der Waals surface area contributed by atoms with Gasteiger partial charge in [0.05, 0.1) is 17.8 Å². The number of halogens is 2. The third-order valence-corrected chi connectivity index (χ3v) is 3.70. The minimum Gasteiger partial charge on any atom is -0.274 e. The highest BCUT2D eigenvalue weighted by Gasteiger charge is 2.36. The lowest BCUT2D eigenvalue weighted by atomic mass is 10.3. The molecule has 0 atom stereocenters. The van der Waals surface area contributed by atoms with Crippen molar-refractivity contribution in [2.75, 3.05) is 4.90 Å². The van der Waals surface area contributed by atoms with Crippen molar-refractivity contribution in [3.05, 3.63) is 58.6 Å². The number of hydrogen-bond acceptors (Lipinski definition) is 3. The van der Waals surface area contributed by atoms with Crippen LogP contribution in [0.4, 0.5) is 11.4 Å². The molecule has 1 aliphatic rings. The molecule has 2 aromatic carbocycles. The Morgan fingerprint density at radius 2 is 1.41 bits per heavy atom. The number of imide groups is 1. The molecule has 0 radical (unpaired) electrons. The molecular weight excluding hydrogens is 323 g/mol. The maximum absolute atomic E-state index is 12.4. The van der Waals surface area contributed by atoms with Crippen molar-refractivity contribution in [2.24, 2.45) is 4.99 Å². The van der Waals surface area contributed by atoms with Crippen LogP contribution in [-0.4, -0.2) is 17.5 Å². The van der Waals surface area contributed by atoms with Crippen molar-refractivity contribution in [3.63, 3.8) is 0 Å². The molecular formula is C16H10Cl2N2O2. The molecule has 1 fully saturated rings. The molecule has 0 unspecified atom stereocenters. The number of rotatable bonds is 2. The SMILES string of the molecule is O=C1CC(=Nc2ccc(Cl)cc2)C(=O)N1c1ccc(Cl)cc1. The fraction of sp³-hybridized carbons (Fsp3) is 0.0625. The molecule has 2 amide bonds. The number of hydrogen-bond donors (Lipinski definition) is 0. The number of benzene rings is 2. The van der Waals surface area contributed by atoms with E-state index < -0.39 is 5.91 Å². The largest absolute Gasteiger partial charge is 0.279 e. The number of anilines is 1. The van der Waals surface area contributed by atoms with E-state index >= 15 is 0 Å². The fourth-order valence-corrected chi connectivity index (χ4v) is 2.40. The maximum Gasteiger partial charge on any atom is 0.279 e. The first kappa shape index (κ1) is 14.8. The number of aliphatic imine (C=N–C) groups is 1. The molecule has 0 aliphatic carbocycles. The van der Waals surface area contributed by atoms with E-state index in [-0.39, 0.29) is 18.0 Å². The summed E-state index contributed by atoms with van der Waals surface area (Å²) >= 11 is 11.6. The highest BCUT2D eigenvalue weighted by molar-refractivity contribution is 6.56. The molecule has 1 saturated heterocycles. The summed E-state index contributed by atoms with van der Waals surface area (Å²) in [5.74, 6) is -0.720. The van der Waals surface area contributed by atoms with Gasteiger partial charge < -0.3 is 0 Å². The van der Waals surface area contributed by atoms with Crippen LogP contribution in [0.1, 0.15) is 6.42 Å². The predicted octanol–water partition coefficient (Wildman–Crippen LogP) is 4.03. The van der Waals surface area contributed by atoms with Gasteiger partial charge in [0.25, 0.3) is 5.91 Å². The first-order valence-corrected chi connectivity index (χ1v) is 7.26. The molecule has 4 nitrogen and oxygen atoms in total. The second kappa shape index (κ2) is 5.91. The summed E-state index contributed by atoms with van der Waals surface area (Å²) in [6.45, 7) is 0. The van der Waals surface area contributed by atoms with Crippen LogP contribution in [-0.2, 0) is 9.59 Å². The van der Waals surface area contributed by atoms with Crippen molar-refractivity contribution < 1.29 is 9.59 Å². The Balaban J connectivity index is 1.91. The Morgan fingerprint density at radius 3 is 2.00 bits per heavy atom. The van der Waals surface area contributed by atoms with E-state index in [1.54, 1.807) is 48.5 Å². The molecule has 1 aliphatic heterocycles. The van der Waals surface area contributed by atoms with Gasteiger partial charge in [-0.15, -0.1) is 0 Å². The van der Waals surface area contributed by atoms with Gasteiger partial charge in [-0.3, -0.25) is 9.59 Å². The van der Waals surface area contributed by atoms with Crippen LogP contribution < -0.4 is 4.90 Å². The van der Waals surface area contributed by atoms with Gasteiger partial charge in [-0.1, -0.05) is 23.2 Å². The van der Waals surface area contributed by atoms with Gasteiger partial charge in [0, 0.05) is 10.0 Å². The first-order chi connectivity index (χ1) is 10.5. The predicted molar refractivity (Wildman–Crippen MR) is 87.1 cm³/mol. The zero-order valence-electron chi connectivity index (χ0n) is 11.3. The van der Waals surface area contributed by atoms with Crippen molar-refractivity contribution in [3.8, 4) is 0 Å². The zero-order chi connectivity index (χ0) is 15.7. The van der Waals surface area contributed by atoms with Crippen LogP contribution in [0.2, 0.25) is 10.0 Å². The van der Waals surface area contributed by atoms with Crippen LogP contribution in [0.15, 0.2) is 53.5 Å². The number of amides is 2. The summed E-state index contributed by atoms with van der Waals surface area (Å²) in [7, 11) is 0. The first-order valence-electron chi connectivity index (χ1n) is 6.50. The van der Waals surface area contributed by atoms with Crippen molar-refractivity contribution >= 4 is 52.1 Å². The average molecular weight is 333 g/mol. The van der Waals surface area contributed by atoms with Crippen molar-refractivity contribution in [2.45, 2.75) is 6.42 Å². The molecule has 0 saturated carbocycles. The molecule has 3 rings (SSSR count). The molecule has 0 bridgehead atoms. The Kier molecular flexibility index (Phi) is 3.96. The summed E-state index contributed by atoms with van der Waals surface area (Å²) in [4.78, 5) is 29.8. The van der Waals surface area contributed by atoms with Crippen molar-refractivity contribution in [1.82, 2.24) is 0 Å². The Bertz CT molecular complexity index is 768. The maximum atomic E-state index is 12.4. The average Bonchev–Trinajstić information content (AvgIpc) is 2.77. The topological polar surface area (TPSA) is 49.7 Å². The summed E-state index contributed by atoms with van der Waals surface area (Å²) in [6.07, 6.45) is -0.0237. The van der Waals surface area contributed by atoms with E-state index in [0.717, 1.165) is 4.90 Å². The molecule has 2 aromatic rings.